The first-order valence-electron chi connectivity index (χ1n) is 10.5. The smallest absolute Gasteiger partial charge is 0.264 e. The summed E-state index contributed by atoms with van der Waals surface area (Å²) < 4.78 is 37.7. The average Bonchev–Trinajstić information content (AvgIpc) is 2.82. The summed E-state index contributed by atoms with van der Waals surface area (Å²) in [6.45, 7) is 4.26. The van der Waals surface area contributed by atoms with Crippen molar-refractivity contribution < 1.29 is 22.7 Å². The number of sulfonamides is 1. The number of methoxy groups -OCH3 is 1. The van der Waals surface area contributed by atoms with Crippen molar-refractivity contribution in [2.24, 2.45) is 0 Å². The van der Waals surface area contributed by atoms with Crippen LogP contribution in [-0.2, 0) is 16.6 Å². The Balaban J connectivity index is 1.66. The second kappa shape index (κ2) is 10.4. The minimum Gasteiger partial charge on any atom is -0.497 e. The van der Waals surface area contributed by atoms with Gasteiger partial charge in [-0.05, 0) is 80.1 Å². The van der Waals surface area contributed by atoms with Gasteiger partial charge in [-0.25, -0.2) is 8.42 Å². The Morgan fingerprint density at radius 2 is 1.64 bits per heavy atom. The van der Waals surface area contributed by atoms with Gasteiger partial charge in [0.2, 0.25) is 0 Å². The van der Waals surface area contributed by atoms with E-state index < -0.39 is 10.0 Å². The molecule has 0 spiro atoms. The van der Waals surface area contributed by atoms with E-state index in [1.165, 1.54) is 30.6 Å². The number of rotatable bonds is 9. The van der Waals surface area contributed by atoms with Gasteiger partial charge in [-0.3, -0.25) is 9.10 Å². The van der Waals surface area contributed by atoms with Crippen LogP contribution in [0.5, 0.6) is 11.5 Å². The van der Waals surface area contributed by atoms with E-state index in [1.54, 1.807) is 36.4 Å². The van der Waals surface area contributed by atoms with Gasteiger partial charge in [0.15, 0.2) is 0 Å². The lowest BCUT2D eigenvalue weighted by molar-refractivity contribution is 0.0951. The fourth-order valence-electron chi connectivity index (χ4n) is 3.15. The van der Waals surface area contributed by atoms with Crippen LogP contribution in [0.15, 0.2) is 77.7 Å². The zero-order valence-electron chi connectivity index (χ0n) is 19.1. The Bertz CT molecular complexity index is 1190. The van der Waals surface area contributed by atoms with Gasteiger partial charge in [0, 0.05) is 19.2 Å². The summed E-state index contributed by atoms with van der Waals surface area (Å²) in [5, 5.41) is 2.87. The van der Waals surface area contributed by atoms with Gasteiger partial charge in [0.05, 0.1) is 23.8 Å². The molecule has 33 heavy (non-hydrogen) atoms. The minimum atomic E-state index is -3.74. The normalized spacial score (nSPS) is 11.2. The Labute approximate surface area is 195 Å². The van der Waals surface area contributed by atoms with E-state index in [1.807, 2.05) is 38.1 Å². The number of hydrogen-bond acceptors (Lipinski definition) is 5. The first kappa shape index (κ1) is 24.1. The number of carbonyl (C=O) groups excluding carboxylic acids is 1. The van der Waals surface area contributed by atoms with E-state index in [4.69, 9.17) is 9.47 Å². The quantitative estimate of drug-likeness (QED) is 0.508. The second-order valence-corrected chi connectivity index (χ2v) is 9.66. The summed E-state index contributed by atoms with van der Waals surface area (Å²) in [6.07, 6.45) is 0.0695. The minimum absolute atomic E-state index is 0.0695. The van der Waals surface area contributed by atoms with E-state index >= 15 is 0 Å². The lowest BCUT2D eigenvalue weighted by Gasteiger charge is -2.20. The summed E-state index contributed by atoms with van der Waals surface area (Å²) in [4.78, 5) is 12.7. The van der Waals surface area contributed by atoms with Gasteiger partial charge < -0.3 is 14.8 Å². The zero-order chi connectivity index (χ0) is 24.0. The molecule has 7 nitrogen and oxygen atoms in total. The van der Waals surface area contributed by atoms with Crippen molar-refractivity contribution in [3.8, 4) is 11.5 Å². The molecule has 0 aliphatic carbocycles. The molecular weight excluding hydrogens is 440 g/mol. The summed E-state index contributed by atoms with van der Waals surface area (Å²) in [6, 6.07) is 20.1. The molecule has 0 atom stereocenters. The Kier molecular flexibility index (Phi) is 7.60. The predicted octanol–water partition coefficient (Wildman–Crippen LogP) is 4.24. The molecule has 0 fully saturated rings. The summed E-state index contributed by atoms with van der Waals surface area (Å²) in [5.41, 5.74) is 1.80. The molecule has 0 heterocycles. The van der Waals surface area contributed by atoms with Gasteiger partial charge in [-0.15, -0.1) is 0 Å². The van der Waals surface area contributed by atoms with Crippen molar-refractivity contribution in [2.45, 2.75) is 31.4 Å². The van der Waals surface area contributed by atoms with Crippen LogP contribution in [0, 0.1) is 0 Å². The van der Waals surface area contributed by atoms with E-state index in [0.717, 1.165) is 11.3 Å². The molecule has 0 unspecified atom stereocenters. The number of nitrogens with zero attached hydrogens (tertiary/aromatic N) is 1. The van der Waals surface area contributed by atoms with Crippen molar-refractivity contribution in [3.63, 3.8) is 0 Å². The van der Waals surface area contributed by atoms with Crippen LogP contribution in [0.3, 0.4) is 0 Å². The van der Waals surface area contributed by atoms with Crippen LogP contribution in [0.2, 0.25) is 0 Å². The molecule has 3 aromatic rings. The number of hydrogen-bond donors (Lipinski definition) is 1. The molecule has 1 N–H and O–H groups in total. The molecule has 3 aromatic carbocycles. The third-order valence-corrected chi connectivity index (χ3v) is 6.73. The number of benzene rings is 3. The van der Waals surface area contributed by atoms with Crippen molar-refractivity contribution in [2.75, 3.05) is 18.5 Å². The van der Waals surface area contributed by atoms with Gasteiger partial charge >= 0.3 is 0 Å². The highest BCUT2D eigenvalue weighted by molar-refractivity contribution is 7.92. The maximum atomic E-state index is 12.9. The summed E-state index contributed by atoms with van der Waals surface area (Å²) in [5.74, 6) is 1.07. The van der Waals surface area contributed by atoms with Crippen molar-refractivity contribution in [3.05, 3.63) is 83.9 Å². The average molecular weight is 469 g/mol. The van der Waals surface area contributed by atoms with Crippen molar-refractivity contribution in [1.82, 2.24) is 5.32 Å². The highest BCUT2D eigenvalue weighted by atomic mass is 32.2. The monoisotopic (exact) mass is 468 g/mol. The first-order valence-corrected chi connectivity index (χ1v) is 11.9. The number of ether oxygens (including phenoxy) is 2. The van der Waals surface area contributed by atoms with Gasteiger partial charge in [-0.2, -0.15) is 0 Å². The number of anilines is 1. The van der Waals surface area contributed by atoms with E-state index in [2.05, 4.69) is 5.32 Å². The SMILES string of the molecule is COc1ccc(S(=O)(=O)N(C)c2ccc(C(=O)NCc3cccc(OC(C)C)c3)cc2)cc1. The van der Waals surface area contributed by atoms with Crippen molar-refractivity contribution in [1.29, 1.82) is 0 Å². The number of nitrogens with one attached hydrogen (secondary N) is 1. The highest BCUT2D eigenvalue weighted by Gasteiger charge is 2.21. The Morgan fingerprint density at radius 3 is 2.24 bits per heavy atom. The van der Waals surface area contributed by atoms with Crippen LogP contribution < -0.4 is 19.1 Å². The number of amides is 1. The van der Waals surface area contributed by atoms with Crippen LogP contribution in [0.25, 0.3) is 0 Å². The first-order chi connectivity index (χ1) is 15.7. The molecule has 0 aliphatic rings. The standard InChI is InChI=1S/C25H28N2O5S/c1-18(2)32-23-7-5-6-19(16-23)17-26-25(28)20-8-10-21(11-9-20)27(3)33(29,30)24-14-12-22(31-4)13-15-24/h5-16,18H,17H2,1-4H3,(H,26,28). The fraction of sp³-hybridized carbons (Fsp3) is 0.240. The maximum Gasteiger partial charge on any atom is 0.264 e. The zero-order valence-corrected chi connectivity index (χ0v) is 19.9. The molecule has 0 aliphatic heterocycles. The molecule has 0 aromatic heterocycles. The largest absolute Gasteiger partial charge is 0.497 e. The molecular formula is C25H28N2O5S. The molecule has 174 valence electrons. The highest BCUT2D eigenvalue weighted by Crippen LogP contribution is 2.24. The molecule has 8 heteroatoms. The lowest BCUT2D eigenvalue weighted by atomic mass is 10.1. The van der Waals surface area contributed by atoms with Gasteiger partial charge in [0.1, 0.15) is 11.5 Å². The molecule has 1 amide bonds. The maximum absolute atomic E-state index is 12.9. The second-order valence-electron chi connectivity index (χ2n) is 7.69. The molecule has 0 bridgehead atoms. The Hall–Kier alpha value is -3.52. The Morgan fingerprint density at radius 1 is 0.970 bits per heavy atom. The number of carbonyl (C=O) groups is 1. The van der Waals surface area contributed by atoms with Crippen LogP contribution in [0.4, 0.5) is 5.69 Å². The third kappa shape index (κ3) is 6.04. The lowest BCUT2D eigenvalue weighted by Crippen LogP contribution is -2.27. The topological polar surface area (TPSA) is 84.9 Å². The van der Waals surface area contributed by atoms with Crippen molar-refractivity contribution >= 4 is 21.6 Å². The van der Waals surface area contributed by atoms with Gasteiger partial charge in [-0.1, -0.05) is 12.1 Å². The predicted molar refractivity (Wildman–Crippen MR) is 128 cm³/mol. The van der Waals surface area contributed by atoms with Crippen LogP contribution >= 0.6 is 0 Å². The fourth-order valence-corrected chi connectivity index (χ4v) is 4.35. The molecule has 0 saturated heterocycles. The van der Waals surface area contributed by atoms with Gasteiger partial charge in [0.25, 0.3) is 15.9 Å². The molecule has 0 radical (unpaired) electrons. The molecule has 3 rings (SSSR count). The van der Waals surface area contributed by atoms with Crippen LogP contribution in [-0.4, -0.2) is 34.6 Å². The third-order valence-electron chi connectivity index (χ3n) is 4.93. The van der Waals surface area contributed by atoms with E-state index in [-0.39, 0.29) is 16.9 Å². The van der Waals surface area contributed by atoms with E-state index in [0.29, 0.717) is 23.5 Å². The molecule has 0 saturated carbocycles. The summed E-state index contributed by atoms with van der Waals surface area (Å²) >= 11 is 0. The van der Waals surface area contributed by atoms with E-state index in [9.17, 15) is 13.2 Å². The van der Waals surface area contributed by atoms with Crippen LogP contribution in [0.1, 0.15) is 29.8 Å². The summed E-state index contributed by atoms with van der Waals surface area (Å²) in [7, 11) is -0.751.